The molecule has 0 radical (unpaired) electrons. The predicted octanol–water partition coefficient (Wildman–Crippen LogP) is 1.89. The Kier molecular flexibility index (Phi) is 4.14. The maximum atomic E-state index is 12.9. The molecule has 2 aromatic rings. The highest BCUT2D eigenvalue weighted by atomic mass is 32.1. The van der Waals surface area contributed by atoms with Gasteiger partial charge in [0.2, 0.25) is 5.91 Å². The first-order chi connectivity index (χ1) is 11.6. The Morgan fingerprint density at radius 2 is 2.29 bits per heavy atom. The number of rotatable bonds is 4. The van der Waals surface area contributed by atoms with Gasteiger partial charge in [0.25, 0.3) is 0 Å². The van der Waals surface area contributed by atoms with Crippen LogP contribution in [-0.2, 0) is 4.79 Å². The second kappa shape index (κ2) is 6.29. The minimum atomic E-state index is -0.172. The van der Waals surface area contributed by atoms with E-state index in [9.17, 15) is 9.90 Å². The summed E-state index contributed by atoms with van der Waals surface area (Å²) in [5.41, 5.74) is 0. The van der Waals surface area contributed by atoms with Gasteiger partial charge in [0.1, 0.15) is 23.0 Å². The molecular formula is C17H22N4O2S. The molecule has 1 saturated heterocycles. The Labute approximate surface area is 145 Å². The molecule has 1 aliphatic carbocycles. The van der Waals surface area contributed by atoms with Gasteiger partial charge in [0.15, 0.2) is 0 Å². The molecule has 1 amide bonds. The number of likely N-dealkylation sites (N-methyl/N-ethyl adjacent to an activating group) is 1. The lowest BCUT2D eigenvalue weighted by molar-refractivity contribution is -0.132. The predicted molar refractivity (Wildman–Crippen MR) is 94.2 cm³/mol. The zero-order valence-electron chi connectivity index (χ0n) is 13.8. The molecular weight excluding hydrogens is 324 g/mol. The van der Waals surface area contributed by atoms with Crippen LogP contribution in [0.2, 0.25) is 0 Å². The van der Waals surface area contributed by atoms with E-state index in [4.69, 9.17) is 0 Å². The number of carbonyl (C=O) groups excluding carboxylic acids is 1. The molecule has 6 nitrogen and oxygen atoms in total. The minimum absolute atomic E-state index is 0.141. The van der Waals surface area contributed by atoms with E-state index in [0.29, 0.717) is 5.92 Å². The van der Waals surface area contributed by atoms with Gasteiger partial charge in [0, 0.05) is 20.1 Å². The van der Waals surface area contributed by atoms with Crippen LogP contribution in [0.4, 0.5) is 5.82 Å². The molecule has 0 bridgehead atoms. The average molecular weight is 346 g/mol. The molecule has 1 atom stereocenters. The number of amides is 1. The Bertz CT molecular complexity index is 743. The first-order valence-electron chi connectivity index (χ1n) is 8.51. The highest BCUT2D eigenvalue weighted by molar-refractivity contribution is 7.16. The maximum Gasteiger partial charge on any atom is 0.245 e. The number of nitrogens with zero attached hydrogens (tertiary/aromatic N) is 4. The van der Waals surface area contributed by atoms with Gasteiger partial charge in [0.05, 0.1) is 11.5 Å². The number of aliphatic hydroxyl groups excluding tert-OH is 1. The van der Waals surface area contributed by atoms with E-state index >= 15 is 0 Å². The van der Waals surface area contributed by atoms with Crippen LogP contribution in [0.25, 0.3) is 10.2 Å². The van der Waals surface area contributed by atoms with Gasteiger partial charge in [-0.05, 0) is 43.0 Å². The molecule has 128 valence electrons. The topological polar surface area (TPSA) is 69.6 Å². The normalized spacial score (nSPS) is 26.6. The molecule has 0 unspecified atom stereocenters. The number of aromatic nitrogens is 2. The van der Waals surface area contributed by atoms with Gasteiger partial charge in [-0.1, -0.05) is 0 Å². The second-order valence-electron chi connectivity index (χ2n) is 6.90. The summed E-state index contributed by atoms with van der Waals surface area (Å²) in [4.78, 5) is 26.7. The maximum absolute atomic E-state index is 12.9. The molecule has 0 spiro atoms. The van der Waals surface area contributed by atoms with Crippen LogP contribution >= 0.6 is 11.3 Å². The first kappa shape index (κ1) is 15.8. The third-order valence-corrected chi connectivity index (χ3v) is 5.99. The number of aliphatic hydroxyl groups is 1. The molecule has 4 rings (SSSR count). The van der Waals surface area contributed by atoms with Crippen LogP contribution < -0.4 is 4.90 Å². The highest BCUT2D eigenvalue weighted by Gasteiger charge is 2.36. The van der Waals surface area contributed by atoms with Crippen LogP contribution in [0.3, 0.4) is 0 Å². The van der Waals surface area contributed by atoms with Crippen molar-refractivity contribution in [2.75, 3.05) is 25.0 Å². The zero-order valence-corrected chi connectivity index (χ0v) is 14.6. The van der Waals surface area contributed by atoms with Crippen molar-refractivity contribution in [2.24, 2.45) is 5.92 Å². The number of carbonyl (C=O) groups is 1. The zero-order chi connectivity index (χ0) is 16.7. The van der Waals surface area contributed by atoms with E-state index in [1.807, 2.05) is 23.4 Å². The van der Waals surface area contributed by atoms with E-state index < -0.39 is 0 Å². The van der Waals surface area contributed by atoms with Crippen molar-refractivity contribution in [1.29, 1.82) is 0 Å². The fourth-order valence-corrected chi connectivity index (χ4v) is 4.59. The molecule has 7 heteroatoms. The van der Waals surface area contributed by atoms with Gasteiger partial charge in [-0.25, -0.2) is 9.97 Å². The van der Waals surface area contributed by atoms with Crippen molar-refractivity contribution < 1.29 is 9.90 Å². The molecule has 1 N–H and O–H groups in total. The summed E-state index contributed by atoms with van der Waals surface area (Å²) in [6, 6.07) is 1.90. The summed E-state index contributed by atoms with van der Waals surface area (Å²) < 4.78 is 0. The van der Waals surface area contributed by atoms with E-state index in [1.54, 1.807) is 17.7 Å². The summed E-state index contributed by atoms with van der Waals surface area (Å²) in [5.74, 6) is 1.48. The molecule has 3 heterocycles. The van der Waals surface area contributed by atoms with E-state index in [0.717, 1.165) is 54.8 Å². The molecule has 2 aliphatic rings. The highest BCUT2D eigenvalue weighted by Crippen LogP contribution is 2.33. The fraction of sp³-hybridized carbons (Fsp3) is 0.588. The summed E-state index contributed by atoms with van der Waals surface area (Å²) >= 11 is 1.60. The van der Waals surface area contributed by atoms with Crippen LogP contribution in [0.1, 0.15) is 25.7 Å². The molecule has 1 aliphatic heterocycles. The third kappa shape index (κ3) is 2.75. The van der Waals surface area contributed by atoms with Gasteiger partial charge in [-0.3, -0.25) is 4.79 Å². The number of hydrogen-bond donors (Lipinski definition) is 1. The molecule has 2 fully saturated rings. The molecule has 2 aromatic heterocycles. The summed E-state index contributed by atoms with van der Waals surface area (Å²) in [6.45, 7) is 1.59. The summed E-state index contributed by atoms with van der Waals surface area (Å²) in [6.07, 6.45) is 4.91. The number of anilines is 1. The van der Waals surface area contributed by atoms with Gasteiger partial charge < -0.3 is 14.9 Å². The summed E-state index contributed by atoms with van der Waals surface area (Å²) in [5, 5.41) is 12.5. The van der Waals surface area contributed by atoms with Crippen LogP contribution in [0.15, 0.2) is 17.8 Å². The third-order valence-electron chi connectivity index (χ3n) is 5.17. The van der Waals surface area contributed by atoms with Gasteiger partial charge in [-0.15, -0.1) is 11.3 Å². The number of fused-ring (bicyclic) bond motifs is 1. The Hall–Kier alpha value is -1.73. The van der Waals surface area contributed by atoms with Crippen LogP contribution in [-0.4, -0.2) is 58.2 Å². The van der Waals surface area contributed by atoms with Crippen molar-refractivity contribution in [3.63, 3.8) is 0 Å². The van der Waals surface area contributed by atoms with E-state index in [-0.39, 0.29) is 18.1 Å². The molecule has 24 heavy (non-hydrogen) atoms. The van der Waals surface area contributed by atoms with Gasteiger partial charge >= 0.3 is 0 Å². The quantitative estimate of drug-likeness (QED) is 0.915. The fourth-order valence-electron chi connectivity index (χ4n) is 3.86. The number of thiophene rings is 1. The lowest BCUT2D eigenvalue weighted by atomic mass is 9.82. The Morgan fingerprint density at radius 1 is 1.46 bits per heavy atom. The van der Waals surface area contributed by atoms with Crippen molar-refractivity contribution in [1.82, 2.24) is 14.9 Å². The molecule has 1 saturated carbocycles. The molecule has 0 aromatic carbocycles. The van der Waals surface area contributed by atoms with Crippen molar-refractivity contribution in [3.8, 4) is 0 Å². The first-order valence-corrected chi connectivity index (χ1v) is 9.39. The lowest BCUT2D eigenvalue weighted by Crippen LogP contribution is -2.47. The van der Waals surface area contributed by atoms with Crippen LogP contribution in [0, 0.1) is 5.92 Å². The van der Waals surface area contributed by atoms with E-state index in [2.05, 4.69) is 14.9 Å². The van der Waals surface area contributed by atoms with Crippen molar-refractivity contribution >= 4 is 33.3 Å². The van der Waals surface area contributed by atoms with Gasteiger partial charge in [-0.2, -0.15) is 0 Å². The Balaban J connectivity index is 1.52. The van der Waals surface area contributed by atoms with Crippen molar-refractivity contribution in [2.45, 2.75) is 37.8 Å². The standard InChI is InChI=1S/C17H22N4O2S/c1-20(9-11-7-12(22)8-11)17(23)14-3-2-5-21(14)15-13-4-6-24-16(13)19-10-18-15/h4,6,10-12,14,22H,2-3,5,7-9H2,1H3/t11?,12?,14-/m0/s1. The SMILES string of the molecule is CN(CC1CC(O)C1)C(=O)[C@@H]1CCCN1c1ncnc2sccc12. The Morgan fingerprint density at radius 3 is 3.08 bits per heavy atom. The second-order valence-corrected chi connectivity index (χ2v) is 7.79. The van der Waals surface area contributed by atoms with Crippen molar-refractivity contribution in [3.05, 3.63) is 17.8 Å². The average Bonchev–Trinajstić information content (AvgIpc) is 3.21. The monoisotopic (exact) mass is 346 g/mol. The number of hydrogen-bond acceptors (Lipinski definition) is 6. The van der Waals surface area contributed by atoms with Crippen LogP contribution in [0.5, 0.6) is 0 Å². The lowest BCUT2D eigenvalue weighted by Gasteiger charge is -2.36. The van der Waals surface area contributed by atoms with E-state index in [1.165, 1.54) is 0 Å². The largest absolute Gasteiger partial charge is 0.393 e. The smallest absolute Gasteiger partial charge is 0.245 e. The minimum Gasteiger partial charge on any atom is -0.393 e. The summed E-state index contributed by atoms with van der Waals surface area (Å²) in [7, 11) is 1.88.